The summed E-state index contributed by atoms with van der Waals surface area (Å²) in [4.78, 5) is 21.3. The van der Waals surface area contributed by atoms with Gasteiger partial charge in [-0.3, -0.25) is 14.8 Å². The SMILES string of the molecule is Cc1ncc(NC(=O)c2ccnc(C(C)(C)C#N)c2)cc1-c1ccccc1. The first-order valence-electron chi connectivity index (χ1n) is 8.62. The number of aryl methyl sites for hydroxylation is 1. The number of carbonyl (C=O) groups is 1. The molecule has 0 unspecified atom stereocenters. The molecule has 1 amide bonds. The smallest absolute Gasteiger partial charge is 0.255 e. The highest BCUT2D eigenvalue weighted by Gasteiger charge is 2.22. The van der Waals surface area contributed by atoms with Gasteiger partial charge in [-0.25, -0.2) is 0 Å². The van der Waals surface area contributed by atoms with E-state index in [2.05, 4.69) is 21.4 Å². The molecule has 5 heteroatoms. The number of rotatable bonds is 4. The second-order valence-corrected chi connectivity index (χ2v) is 6.84. The highest BCUT2D eigenvalue weighted by Crippen LogP contribution is 2.25. The summed E-state index contributed by atoms with van der Waals surface area (Å²) in [7, 11) is 0. The van der Waals surface area contributed by atoms with Gasteiger partial charge >= 0.3 is 0 Å². The highest BCUT2D eigenvalue weighted by atomic mass is 16.1. The van der Waals surface area contributed by atoms with Crippen molar-refractivity contribution in [3.63, 3.8) is 0 Å². The molecule has 3 rings (SSSR count). The van der Waals surface area contributed by atoms with Gasteiger partial charge in [-0.05, 0) is 44.5 Å². The average molecular weight is 356 g/mol. The molecule has 3 aromatic rings. The molecule has 1 N–H and O–H groups in total. The van der Waals surface area contributed by atoms with Gasteiger partial charge in [0.15, 0.2) is 0 Å². The Morgan fingerprint density at radius 2 is 1.85 bits per heavy atom. The molecule has 0 saturated carbocycles. The molecule has 27 heavy (non-hydrogen) atoms. The van der Waals surface area contributed by atoms with E-state index in [-0.39, 0.29) is 5.91 Å². The number of aromatic nitrogens is 2. The third-order valence-corrected chi connectivity index (χ3v) is 4.37. The topological polar surface area (TPSA) is 78.7 Å². The van der Waals surface area contributed by atoms with E-state index in [1.54, 1.807) is 38.4 Å². The maximum absolute atomic E-state index is 12.7. The fourth-order valence-electron chi connectivity index (χ4n) is 2.69. The van der Waals surface area contributed by atoms with Gasteiger partial charge in [0.2, 0.25) is 0 Å². The minimum Gasteiger partial charge on any atom is -0.321 e. The minimum absolute atomic E-state index is 0.267. The zero-order valence-corrected chi connectivity index (χ0v) is 15.5. The average Bonchev–Trinajstić information content (AvgIpc) is 2.70. The summed E-state index contributed by atoms with van der Waals surface area (Å²) in [6, 6.07) is 17.3. The Labute approximate surface area is 158 Å². The zero-order valence-electron chi connectivity index (χ0n) is 15.5. The van der Waals surface area contributed by atoms with Gasteiger partial charge in [0.25, 0.3) is 5.91 Å². The van der Waals surface area contributed by atoms with E-state index in [0.29, 0.717) is 16.9 Å². The van der Waals surface area contributed by atoms with Gasteiger partial charge in [-0.1, -0.05) is 30.3 Å². The van der Waals surface area contributed by atoms with Crippen molar-refractivity contribution < 1.29 is 4.79 Å². The monoisotopic (exact) mass is 356 g/mol. The first kappa shape index (κ1) is 18.3. The lowest BCUT2D eigenvalue weighted by molar-refractivity contribution is 0.102. The van der Waals surface area contributed by atoms with Gasteiger partial charge < -0.3 is 5.32 Å². The summed E-state index contributed by atoms with van der Waals surface area (Å²) in [6.45, 7) is 5.48. The van der Waals surface area contributed by atoms with Gasteiger partial charge in [-0.15, -0.1) is 0 Å². The van der Waals surface area contributed by atoms with Crippen LogP contribution in [0.5, 0.6) is 0 Å². The molecule has 0 saturated heterocycles. The van der Waals surface area contributed by atoms with Crippen LogP contribution in [0.15, 0.2) is 60.9 Å². The lowest BCUT2D eigenvalue weighted by Crippen LogP contribution is -2.18. The predicted octanol–water partition coefficient (Wildman–Crippen LogP) is 4.51. The van der Waals surface area contributed by atoms with Crippen molar-refractivity contribution >= 4 is 11.6 Å². The molecule has 0 aliphatic carbocycles. The zero-order chi connectivity index (χ0) is 19.4. The van der Waals surface area contributed by atoms with Crippen molar-refractivity contribution in [2.24, 2.45) is 0 Å². The summed E-state index contributed by atoms with van der Waals surface area (Å²) in [5.41, 5.74) is 3.76. The van der Waals surface area contributed by atoms with Crippen molar-refractivity contribution in [1.82, 2.24) is 9.97 Å². The van der Waals surface area contributed by atoms with Gasteiger partial charge in [0, 0.05) is 23.0 Å². The van der Waals surface area contributed by atoms with Crippen LogP contribution in [-0.4, -0.2) is 15.9 Å². The second kappa shape index (κ2) is 7.38. The lowest BCUT2D eigenvalue weighted by atomic mass is 9.90. The second-order valence-electron chi connectivity index (χ2n) is 6.84. The van der Waals surface area contributed by atoms with E-state index < -0.39 is 5.41 Å². The number of carbonyl (C=O) groups excluding carboxylic acids is 1. The normalized spacial score (nSPS) is 10.9. The summed E-state index contributed by atoms with van der Waals surface area (Å²) < 4.78 is 0. The summed E-state index contributed by atoms with van der Waals surface area (Å²) in [5.74, 6) is -0.267. The third-order valence-electron chi connectivity index (χ3n) is 4.37. The number of nitrogens with one attached hydrogen (secondary N) is 1. The van der Waals surface area contributed by atoms with Crippen LogP contribution in [0, 0.1) is 18.3 Å². The summed E-state index contributed by atoms with van der Waals surface area (Å²) >= 11 is 0. The standard InChI is InChI=1S/C22H20N4O/c1-15-19(16-7-5-4-6-8-16)12-18(13-25-15)26-21(27)17-9-10-24-20(11-17)22(2,3)14-23/h4-13H,1-3H3,(H,26,27). The molecule has 2 aromatic heterocycles. The third kappa shape index (κ3) is 4.01. The molecule has 2 heterocycles. The Morgan fingerprint density at radius 3 is 2.56 bits per heavy atom. The number of amides is 1. The number of nitrogens with zero attached hydrogens (tertiary/aromatic N) is 3. The molecule has 0 aliphatic rings. The Kier molecular flexibility index (Phi) is 5.00. The van der Waals surface area contributed by atoms with Gasteiger partial charge in [-0.2, -0.15) is 5.26 Å². The largest absolute Gasteiger partial charge is 0.321 e. The Balaban J connectivity index is 1.87. The summed E-state index contributed by atoms with van der Waals surface area (Å²) in [6.07, 6.45) is 3.19. The number of hydrogen-bond donors (Lipinski definition) is 1. The van der Waals surface area contributed by atoms with Gasteiger partial charge in [0.1, 0.15) is 0 Å². The van der Waals surface area contributed by atoms with E-state index in [1.165, 1.54) is 0 Å². The Hall–Kier alpha value is -3.52. The quantitative estimate of drug-likeness (QED) is 0.746. The van der Waals surface area contributed by atoms with Crippen molar-refractivity contribution in [2.75, 3.05) is 5.32 Å². The van der Waals surface area contributed by atoms with Crippen LogP contribution >= 0.6 is 0 Å². The molecule has 0 aliphatic heterocycles. The number of pyridine rings is 2. The molecule has 1 aromatic carbocycles. The molecule has 0 spiro atoms. The van der Waals surface area contributed by atoms with Crippen molar-refractivity contribution in [2.45, 2.75) is 26.2 Å². The van der Waals surface area contributed by atoms with Crippen LogP contribution in [0.3, 0.4) is 0 Å². The molecule has 0 radical (unpaired) electrons. The first-order chi connectivity index (χ1) is 12.9. The Morgan fingerprint density at radius 1 is 1.11 bits per heavy atom. The van der Waals surface area contributed by atoms with E-state index in [1.807, 2.05) is 43.3 Å². The summed E-state index contributed by atoms with van der Waals surface area (Å²) in [5, 5.41) is 12.2. The van der Waals surface area contributed by atoms with Crippen molar-refractivity contribution in [3.8, 4) is 17.2 Å². The molecule has 0 bridgehead atoms. The molecule has 0 fully saturated rings. The molecule has 0 atom stereocenters. The van der Waals surface area contributed by atoms with Crippen LogP contribution in [0.25, 0.3) is 11.1 Å². The van der Waals surface area contributed by atoms with E-state index in [9.17, 15) is 10.1 Å². The number of hydrogen-bond acceptors (Lipinski definition) is 4. The number of nitriles is 1. The van der Waals surface area contributed by atoms with Crippen LogP contribution < -0.4 is 5.32 Å². The molecule has 5 nitrogen and oxygen atoms in total. The maximum atomic E-state index is 12.7. The van der Waals surface area contributed by atoms with Crippen LogP contribution in [-0.2, 0) is 5.41 Å². The molecular formula is C22H20N4O. The van der Waals surface area contributed by atoms with Crippen LogP contribution in [0.4, 0.5) is 5.69 Å². The molecular weight excluding hydrogens is 336 g/mol. The Bertz CT molecular complexity index is 1020. The highest BCUT2D eigenvalue weighted by molar-refractivity contribution is 6.04. The van der Waals surface area contributed by atoms with E-state index in [4.69, 9.17) is 0 Å². The number of anilines is 1. The van der Waals surface area contributed by atoms with Gasteiger partial charge in [0.05, 0.1) is 29.1 Å². The fraction of sp³-hybridized carbons (Fsp3) is 0.182. The van der Waals surface area contributed by atoms with Crippen LogP contribution in [0.1, 0.15) is 35.6 Å². The van der Waals surface area contributed by atoms with E-state index >= 15 is 0 Å². The maximum Gasteiger partial charge on any atom is 0.255 e. The lowest BCUT2D eigenvalue weighted by Gasteiger charge is -2.15. The fourth-order valence-corrected chi connectivity index (χ4v) is 2.69. The van der Waals surface area contributed by atoms with Crippen LogP contribution in [0.2, 0.25) is 0 Å². The molecule has 134 valence electrons. The first-order valence-corrected chi connectivity index (χ1v) is 8.62. The minimum atomic E-state index is -0.762. The number of benzene rings is 1. The predicted molar refractivity (Wildman–Crippen MR) is 105 cm³/mol. The van der Waals surface area contributed by atoms with Crippen molar-refractivity contribution in [3.05, 3.63) is 77.9 Å². The van der Waals surface area contributed by atoms with Crippen molar-refractivity contribution in [1.29, 1.82) is 5.26 Å². The van der Waals surface area contributed by atoms with E-state index in [0.717, 1.165) is 16.8 Å².